The topological polar surface area (TPSA) is 48.2 Å². The van der Waals surface area contributed by atoms with Gasteiger partial charge in [-0.05, 0) is 6.42 Å². The van der Waals surface area contributed by atoms with Crippen molar-refractivity contribution in [2.24, 2.45) is 10.9 Å². The SMILES string of the molecule is CCCN=C(NC#N)C(C)C. The highest BCUT2D eigenvalue weighted by Crippen LogP contribution is 1.94. The number of rotatable bonds is 3. The lowest BCUT2D eigenvalue weighted by Gasteiger charge is -2.06. The zero-order chi connectivity index (χ0) is 8.69. The van der Waals surface area contributed by atoms with Crippen LogP contribution in [0.4, 0.5) is 0 Å². The van der Waals surface area contributed by atoms with Crippen molar-refractivity contribution in [3.8, 4) is 6.19 Å². The van der Waals surface area contributed by atoms with Gasteiger partial charge in [0.05, 0.1) is 0 Å². The van der Waals surface area contributed by atoms with E-state index in [1.165, 1.54) is 0 Å². The van der Waals surface area contributed by atoms with Crippen molar-refractivity contribution in [1.29, 1.82) is 5.26 Å². The Morgan fingerprint density at radius 3 is 2.64 bits per heavy atom. The van der Waals surface area contributed by atoms with Crippen LogP contribution in [0.3, 0.4) is 0 Å². The summed E-state index contributed by atoms with van der Waals surface area (Å²) in [6.07, 6.45) is 2.89. The summed E-state index contributed by atoms with van der Waals surface area (Å²) in [7, 11) is 0. The van der Waals surface area contributed by atoms with Crippen LogP contribution in [0.25, 0.3) is 0 Å². The molecule has 0 saturated carbocycles. The van der Waals surface area contributed by atoms with Gasteiger partial charge in [0, 0.05) is 12.5 Å². The molecule has 0 amide bonds. The molecule has 0 aromatic rings. The lowest BCUT2D eigenvalue weighted by Crippen LogP contribution is -2.23. The lowest BCUT2D eigenvalue weighted by atomic mass is 10.2. The van der Waals surface area contributed by atoms with E-state index in [0.29, 0.717) is 5.92 Å². The fraction of sp³-hybridized carbons (Fsp3) is 0.750. The maximum atomic E-state index is 8.34. The van der Waals surface area contributed by atoms with Crippen LogP contribution >= 0.6 is 0 Å². The molecule has 0 unspecified atom stereocenters. The summed E-state index contributed by atoms with van der Waals surface area (Å²) in [5, 5.41) is 10.9. The molecule has 3 nitrogen and oxygen atoms in total. The predicted molar refractivity (Wildman–Crippen MR) is 46.2 cm³/mol. The summed E-state index contributed by atoms with van der Waals surface area (Å²) >= 11 is 0. The highest BCUT2D eigenvalue weighted by molar-refractivity contribution is 5.85. The van der Waals surface area contributed by atoms with Crippen LogP contribution in [0, 0.1) is 17.4 Å². The molecule has 0 radical (unpaired) electrons. The average Bonchev–Trinajstić information content (AvgIpc) is 1.97. The van der Waals surface area contributed by atoms with Gasteiger partial charge in [0.15, 0.2) is 6.19 Å². The van der Waals surface area contributed by atoms with Crippen LogP contribution in [0.15, 0.2) is 4.99 Å². The molecule has 0 bridgehead atoms. The Labute approximate surface area is 68.1 Å². The van der Waals surface area contributed by atoms with Gasteiger partial charge in [0.25, 0.3) is 0 Å². The Kier molecular flexibility index (Phi) is 5.18. The maximum Gasteiger partial charge on any atom is 0.182 e. The number of aliphatic imine (C=N–C) groups is 1. The van der Waals surface area contributed by atoms with Crippen molar-refractivity contribution in [2.75, 3.05) is 6.54 Å². The highest BCUT2D eigenvalue weighted by atomic mass is 15.0. The summed E-state index contributed by atoms with van der Waals surface area (Å²) in [4.78, 5) is 4.21. The third kappa shape index (κ3) is 4.38. The molecule has 0 fully saturated rings. The summed E-state index contributed by atoms with van der Waals surface area (Å²) in [6.45, 7) is 6.88. The van der Waals surface area contributed by atoms with Gasteiger partial charge in [-0.3, -0.25) is 10.3 Å². The number of nitriles is 1. The van der Waals surface area contributed by atoms with Gasteiger partial charge in [0.2, 0.25) is 0 Å². The molecule has 0 spiro atoms. The number of amidine groups is 1. The van der Waals surface area contributed by atoms with E-state index in [1.807, 2.05) is 20.0 Å². The smallest absolute Gasteiger partial charge is 0.182 e. The Balaban J connectivity index is 3.99. The van der Waals surface area contributed by atoms with E-state index < -0.39 is 0 Å². The van der Waals surface area contributed by atoms with Gasteiger partial charge in [-0.1, -0.05) is 20.8 Å². The summed E-state index contributed by atoms with van der Waals surface area (Å²) in [5.74, 6) is 1.09. The van der Waals surface area contributed by atoms with Gasteiger partial charge in [-0.25, -0.2) is 0 Å². The predicted octanol–water partition coefficient (Wildman–Crippen LogP) is 1.52. The van der Waals surface area contributed by atoms with E-state index >= 15 is 0 Å². The first-order valence-corrected chi connectivity index (χ1v) is 3.91. The first-order valence-electron chi connectivity index (χ1n) is 3.91. The van der Waals surface area contributed by atoms with Crippen molar-refractivity contribution >= 4 is 5.84 Å². The van der Waals surface area contributed by atoms with Gasteiger partial charge >= 0.3 is 0 Å². The van der Waals surface area contributed by atoms with Crippen LogP contribution < -0.4 is 5.32 Å². The molecule has 0 aromatic heterocycles. The maximum absolute atomic E-state index is 8.34. The summed E-state index contributed by atoms with van der Waals surface area (Å²) < 4.78 is 0. The number of hydrogen-bond acceptors (Lipinski definition) is 2. The van der Waals surface area contributed by atoms with Crippen molar-refractivity contribution in [2.45, 2.75) is 27.2 Å². The molecule has 62 valence electrons. The van der Waals surface area contributed by atoms with E-state index in [2.05, 4.69) is 17.2 Å². The van der Waals surface area contributed by atoms with Gasteiger partial charge in [0.1, 0.15) is 5.84 Å². The van der Waals surface area contributed by atoms with Crippen LogP contribution in [-0.2, 0) is 0 Å². The molecule has 0 aliphatic heterocycles. The number of hydrogen-bond donors (Lipinski definition) is 1. The molecule has 0 saturated heterocycles. The average molecular weight is 153 g/mol. The van der Waals surface area contributed by atoms with E-state index in [-0.39, 0.29) is 0 Å². The van der Waals surface area contributed by atoms with Crippen LogP contribution in [0.5, 0.6) is 0 Å². The second kappa shape index (κ2) is 5.72. The summed E-state index contributed by atoms with van der Waals surface area (Å²) in [5.41, 5.74) is 0. The Morgan fingerprint density at radius 1 is 1.64 bits per heavy atom. The van der Waals surface area contributed by atoms with E-state index in [9.17, 15) is 0 Å². The Hall–Kier alpha value is -1.04. The molecule has 3 heteroatoms. The largest absolute Gasteiger partial charge is 0.280 e. The van der Waals surface area contributed by atoms with Gasteiger partial charge in [-0.2, -0.15) is 5.26 Å². The van der Waals surface area contributed by atoms with Crippen molar-refractivity contribution in [1.82, 2.24) is 5.32 Å². The van der Waals surface area contributed by atoms with Crippen LogP contribution in [0.2, 0.25) is 0 Å². The molecular formula is C8H15N3. The van der Waals surface area contributed by atoms with Crippen molar-refractivity contribution in [3.05, 3.63) is 0 Å². The minimum atomic E-state index is 0.307. The number of nitrogens with one attached hydrogen (secondary N) is 1. The Morgan fingerprint density at radius 2 is 2.27 bits per heavy atom. The van der Waals surface area contributed by atoms with Gasteiger partial charge in [-0.15, -0.1) is 0 Å². The molecule has 1 N–H and O–H groups in total. The summed E-state index contributed by atoms with van der Waals surface area (Å²) in [6, 6.07) is 0. The molecule has 0 aliphatic carbocycles. The van der Waals surface area contributed by atoms with E-state index in [0.717, 1.165) is 18.8 Å². The fourth-order valence-electron chi connectivity index (χ4n) is 0.656. The van der Waals surface area contributed by atoms with Crippen LogP contribution in [-0.4, -0.2) is 12.4 Å². The quantitative estimate of drug-likeness (QED) is 0.289. The molecule has 0 atom stereocenters. The Bertz CT molecular complexity index is 165. The molecule has 0 heterocycles. The molecule has 0 aliphatic rings. The monoisotopic (exact) mass is 153 g/mol. The normalized spacial score (nSPS) is 11.4. The molecule has 11 heavy (non-hydrogen) atoms. The number of nitrogens with zero attached hydrogens (tertiary/aromatic N) is 2. The standard InChI is InChI=1S/C8H15N3/c1-4-5-10-8(7(2)3)11-6-9/h7H,4-5H2,1-3H3,(H,10,11). The minimum absolute atomic E-state index is 0.307. The molecule has 0 aromatic carbocycles. The zero-order valence-corrected chi connectivity index (χ0v) is 7.39. The lowest BCUT2D eigenvalue weighted by molar-refractivity contribution is 0.822. The van der Waals surface area contributed by atoms with E-state index in [4.69, 9.17) is 5.26 Å². The first kappa shape index (κ1) is 9.96. The highest BCUT2D eigenvalue weighted by Gasteiger charge is 2.01. The fourth-order valence-corrected chi connectivity index (χ4v) is 0.656. The second-order valence-corrected chi connectivity index (χ2v) is 2.66. The van der Waals surface area contributed by atoms with E-state index in [1.54, 1.807) is 0 Å². The minimum Gasteiger partial charge on any atom is -0.280 e. The molecular weight excluding hydrogens is 138 g/mol. The molecule has 0 rings (SSSR count). The third-order valence-corrected chi connectivity index (χ3v) is 1.24. The second-order valence-electron chi connectivity index (χ2n) is 2.66. The first-order chi connectivity index (χ1) is 5.22. The van der Waals surface area contributed by atoms with Crippen molar-refractivity contribution < 1.29 is 0 Å². The van der Waals surface area contributed by atoms with Crippen molar-refractivity contribution in [3.63, 3.8) is 0 Å². The third-order valence-electron chi connectivity index (χ3n) is 1.24. The zero-order valence-electron chi connectivity index (χ0n) is 7.39. The van der Waals surface area contributed by atoms with Crippen LogP contribution in [0.1, 0.15) is 27.2 Å². The van der Waals surface area contributed by atoms with Gasteiger partial charge < -0.3 is 0 Å².